The summed E-state index contributed by atoms with van der Waals surface area (Å²) in [6.07, 6.45) is 1.60. The minimum absolute atomic E-state index is 0.107. The van der Waals surface area contributed by atoms with Gasteiger partial charge in [0.15, 0.2) is 0 Å². The maximum atomic E-state index is 12.1. The fraction of sp³-hybridized carbons (Fsp3) is 0.500. The summed E-state index contributed by atoms with van der Waals surface area (Å²) in [7, 11) is 0. The van der Waals surface area contributed by atoms with Gasteiger partial charge in [0.1, 0.15) is 11.9 Å². The molecule has 0 unspecified atom stereocenters. The molecule has 2 rings (SSSR count). The van der Waals surface area contributed by atoms with Crippen LogP contribution in [0.1, 0.15) is 23.2 Å². The standard InChI is InChI=1S/C14H18FNO3/c15-7-1-8-16-9-6-13(10-16)19-12-4-2-11(3-5-12)14(17)18/h2-5,13H,1,6-10H2,(H,17,18)/t13-/m0/s1. The highest BCUT2D eigenvalue weighted by molar-refractivity contribution is 5.87. The number of carboxylic acid groups (broad SMARTS) is 1. The monoisotopic (exact) mass is 267 g/mol. The molecule has 1 saturated heterocycles. The van der Waals surface area contributed by atoms with Gasteiger partial charge in [0.05, 0.1) is 12.2 Å². The van der Waals surface area contributed by atoms with Gasteiger partial charge in [-0.2, -0.15) is 0 Å². The van der Waals surface area contributed by atoms with E-state index < -0.39 is 5.97 Å². The third-order valence-electron chi connectivity index (χ3n) is 3.24. The third-order valence-corrected chi connectivity index (χ3v) is 3.24. The van der Waals surface area contributed by atoms with Gasteiger partial charge in [-0.05, 0) is 37.1 Å². The fourth-order valence-electron chi connectivity index (χ4n) is 2.25. The summed E-state index contributed by atoms with van der Waals surface area (Å²) in [6, 6.07) is 6.42. The summed E-state index contributed by atoms with van der Waals surface area (Å²) in [6.45, 7) is 2.23. The van der Waals surface area contributed by atoms with Crippen LogP contribution in [0.5, 0.6) is 5.75 Å². The molecule has 0 aromatic heterocycles. The van der Waals surface area contributed by atoms with Crippen LogP contribution in [0.15, 0.2) is 24.3 Å². The molecular formula is C14H18FNO3. The Balaban J connectivity index is 1.83. The molecule has 1 aliphatic heterocycles. The highest BCUT2D eigenvalue weighted by Gasteiger charge is 2.23. The van der Waals surface area contributed by atoms with Gasteiger partial charge >= 0.3 is 5.97 Å². The lowest BCUT2D eigenvalue weighted by Crippen LogP contribution is -2.26. The van der Waals surface area contributed by atoms with Gasteiger partial charge in [0, 0.05) is 19.6 Å². The van der Waals surface area contributed by atoms with Gasteiger partial charge in [-0.15, -0.1) is 0 Å². The predicted octanol–water partition coefficient (Wildman–Crippen LogP) is 2.20. The van der Waals surface area contributed by atoms with Crippen molar-refractivity contribution in [2.24, 2.45) is 0 Å². The zero-order valence-electron chi connectivity index (χ0n) is 10.7. The first-order chi connectivity index (χ1) is 9.19. The molecular weight excluding hydrogens is 249 g/mol. The number of carboxylic acids is 1. The van der Waals surface area contributed by atoms with Crippen LogP contribution in [0.3, 0.4) is 0 Å². The first-order valence-corrected chi connectivity index (χ1v) is 6.47. The molecule has 0 radical (unpaired) electrons. The Hall–Kier alpha value is -1.62. The van der Waals surface area contributed by atoms with E-state index in [1.807, 2.05) is 0 Å². The Morgan fingerprint density at radius 2 is 2.16 bits per heavy atom. The van der Waals surface area contributed by atoms with Gasteiger partial charge in [0.25, 0.3) is 0 Å². The number of hydrogen-bond acceptors (Lipinski definition) is 3. The summed E-state index contributed by atoms with van der Waals surface area (Å²) in [5.74, 6) is -0.257. The van der Waals surface area contributed by atoms with E-state index in [-0.39, 0.29) is 18.3 Å². The van der Waals surface area contributed by atoms with Crippen LogP contribution in [-0.2, 0) is 0 Å². The molecule has 104 valence electrons. The molecule has 1 aliphatic rings. The van der Waals surface area contributed by atoms with Crippen molar-refractivity contribution in [3.05, 3.63) is 29.8 Å². The van der Waals surface area contributed by atoms with E-state index in [4.69, 9.17) is 9.84 Å². The quantitative estimate of drug-likeness (QED) is 0.858. The number of nitrogens with zero attached hydrogens (tertiary/aromatic N) is 1. The molecule has 1 fully saturated rings. The first kappa shape index (κ1) is 13.8. The van der Waals surface area contributed by atoms with Crippen molar-refractivity contribution in [1.82, 2.24) is 4.90 Å². The third kappa shape index (κ3) is 3.92. The second kappa shape index (κ2) is 6.52. The molecule has 5 heteroatoms. The second-order valence-corrected chi connectivity index (χ2v) is 4.70. The van der Waals surface area contributed by atoms with Crippen molar-refractivity contribution in [2.75, 3.05) is 26.3 Å². The lowest BCUT2D eigenvalue weighted by molar-refractivity contribution is 0.0697. The molecule has 0 saturated carbocycles. The Bertz CT molecular complexity index is 421. The van der Waals surface area contributed by atoms with E-state index in [0.717, 1.165) is 26.1 Å². The summed E-state index contributed by atoms with van der Waals surface area (Å²) < 4.78 is 17.9. The number of aromatic carboxylic acids is 1. The lowest BCUT2D eigenvalue weighted by atomic mass is 10.2. The van der Waals surface area contributed by atoms with E-state index in [0.29, 0.717) is 12.2 Å². The van der Waals surface area contributed by atoms with Crippen molar-refractivity contribution < 1.29 is 19.0 Å². The van der Waals surface area contributed by atoms with Crippen molar-refractivity contribution in [2.45, 2.75) is 18.9 Å². The van der Waals surface area contributed by atoms with Gasteiger partial charge < -0.3 is 9.84 Å². The molecule has 0 aliphatic carbocycles. The average Bonchev–Trinajstić information content (AvgIpc) is 2.84. The molecule has 19 heavy (non-hydrogen) atoms. The molecule has 4 nitrogen and oxygen atoms in total. The summed E-state index contributed by atoms with van der Waals surface area (Å²) in [4.78, 5) is 12.9. The van der Waals surface area contributed by atoms with Crippen molar-refractivity contribution in [3.8, 4) is 5.75 Å². The van der Waals surface area contributed by atoms with Gasteiger partial charge in [-0.1, -0.05) is 0 Å². The topological polar surface area (TPSA) is 49.8 Å². The Kier molecular flexibility index (Phi) is 4.74. The van der Waals surface area contributed by atoms with Gasteiger partial charge in [0.2, 0.25) is 0 Å². The minimum atomic E-state index is -0.940. The molecule has 0 amide bonds. The number of benzene rings is 1. The molecule has 1 aromatic rings. The van der Waals surface area contributed by atoms with E-state index in [1.165, 1.54) is 12.1 Å². The Morgan fingerprint density at radius 3 is 2.79 bits per heavy atom. The predicted molar refractivity (Wildman–Crippen MR) is 69.5 cm³/mol. The molecule has 1 aromatic carbocycles. The lowest BCUT2D eigenvalue weighted by Gasteiger charge is -2.16. The normalized spacial score (nSPS) is 19.5. The molecule has 1 heterocycles. The van der Waals surface area contributed by atoms with Crippen molar-refractivity contribution in [1.29, 1.82) is 0 Å². The van der Waals surface area contributed by atoms with Gasteiger partial charge in [-0.3, -0.25) is 9.29 Å². The molecule has 1 atom stereocenters. The highest BCUT2D eigenvalue weighted by atomic mass is 19.1. The number of carbonyl (C=O) groups is 1. The molecule has 0 spiro atoms. The molecule has 0 bridgehead atoms. The Morgan fingerprint density at radius 1 is 1.42 bits per heavy atom. The van der Waals surface area contributed by atoms with Crippen LogP contribution in [0, 0.1) is 0 Å². The maximum absolute atomic E-state index is 12.1. The van der Waals surface area contributed by atoms with E-state index in [2.05, 4.69) is 4.90 Å². The van der Waals surface area contributed by atoms with Crippen LogP contribution in [0.2, 0.25) is 0 Å². The van der Waals surface area contributed by atoms with Crippen LogP contribution < -0.4 is 4.74 Å². The SMILES string of the molecule is O=C(O)c1ccc(O[C@H]2CCN(CCCF)C2)cc1. The number of rotatable bonds is 6. The van der Waals surface area contributed by atoms with E-state index in [1.54, 1.807) is 12.1 Å². The van der Waals surface area contributed by atoms with E-state index in [9.17, 15) is 9.18 Å². The zero-order chi connectivity index (χ0) is 13.7. The molecule has 1 N–H and O–H groups in total. The largest absolute Gasteiger partial charge is 0.489 e. The number of ether oxygens (including phenoxy) is 1. The van der Waals surface area contributed by atoms with Crippen LogP contribution >= 0.6 is 0 Å². The maximum Gasteiger partial charge on any atom is 0.335 e. The van der Waals surface area contributed by atoms with Crippen LogP contribution in [-0.4, -0.2) is 48.4 Å². The number of alkyl halides is 1. The van der Waals surface area contributed by atoms with Crippen molar-refractivity contribution in [3.63, 3.8) is 0 Å². The van der Waals surface area contributed by atoms with Crippen molar-refractivity contribution >= 4 is 5.97 Å². The number of likely N-dealkylation sites (tertiary alicyclic amines) is 1. The number of halogens is 1. The fourth-order valence-corrected chi connectivity index (χ4v) is 2.25. The van der Waals surface area contributed by atoms with Crippen LogP contribution in [0.4, 0.5) is 4.39 Å². The minimum Gasteiger partial charge on any atom is -0.489 e. The Labute approximate surface area is 111 Å². The smallest absolute Gasteiger partial charge is 0.335 e. The van der Waals surface area contributed by atoms with Gasteiger partial charge in [-0.25, -0.2) is 4.79 Å². The first-order valence-electron chi connectivity index (χ1n) is 6.47. The summed E-state index contributed by atoms with van der Waals surface area (Å²) >= 11 is 0. The second-order valence-electron chi connectivity index (χ2n) is 4.70. The number of hydrogen-bond donors (Lipinski definition) is 1. The average molecular weight is 267 g/mol. The summed E-state index contributed by atoms with van der Waals surface area (Å²) in [5.41, 5.74) is 0.253. The zero-order valence-corrected chi connectivity index (χ0v) is 10.7. The van der Waals surface area contributed by atoms with Crippen LogP contribution in [0.25, 0.3) is 0 Å². The summed E-state index contributed by atoms with van der Waals surface area (Å²) in [5, 5.41) is 8.80. The highest BCUT2D eigenvalue weighted by Crippen LogP contribution is 2.19. The van der Waals surface area contributed by atoms with E-state index >= 15 is 0 Å².